The van der Waals surface area contributed by atoms with Gasteiger partial charge >= 0.3 is 5.97 Å². The Balaban J connectivity index is 1.58. The number of aromatic carboxylic acids is 1. The SMILES string of the molecule is C[C@H](NC(=O)c1cc(-c2cc(F)cc(F)c2)cc2ccn(Cc3cc(Cl)cc(Cl)c3)c12)c1ccc(C(=O)O)cc1. The highest BCUT2D eigenvalue weighted by Gasteiger charge is 2.20. The molecule has 0 aliphatic heterocycles. The zero-order chi connectivity index (χ0) is 28.6. The van der Waals surface area contributed by atoms with Gasteiger partial charge in [0.05, 0.1) is 22.7 Å². The molecule has 9 heteroatoms. The van der Waals surface area contributed by atoms with Crippen molar-refractivity contribution in [3.63, 3.8) is 0 Å². The first-order valence-electron chi connectivity index (χ1n) is 12.3. The van der Waals surface area contributed by atoms with Crippen LogP contribution in [0.5, 0.6) is 0 Å². The average Bonchev–Trinajstić information content (AvgIpc) is 3.29. The van der Waals surface area contributed by atoms with Crippen LogP contribution in [0.1, 0.15) is 44.8 Å². The number of rotatable bonds is 7. The van der Waals surface area contributed by atoms with Gasteiger partial charge in [0.25, 0.3) is 5.91 Å². The molecule has 1 amide bonds. The molecular weight excluding hydrogens is 557 g/mol. The second-order valence-corrected chi connectivity index (χ2v) is 10.3. The van der Waals surface area contributed by atoms with Crippen molar-refractivity contribution in [3.05, 3.63) is 129 Å². The molecule has 2 N–H and O–H groups in total. The van der Waals surface area contributed by atoms with E-state index in [1.54, 1.807) is 49.4 Å². The Bertz CT molecular complexity index is 1730. The number of carboxylic acid groups (broad SMARTS) is 1. The third kappa shape index (κ3) is 5.86. The minimum absolute atomic E-state index is 0.137. The lowest BCUT2D eigenvalue weighted by Gasteiger charge is -2.17. The molecule has 1 heterocycles. The summed E-state index contributed by atoms with van der Waals surface area (Å²) >= 11 is 12.4. The van der Waals surface area contributed by atoms with Crippen molar-refractivity contribution in [2.75, 3.05) is 0 Å². The molecule has 1 aromatic heterocycles. The van der Waals surface area contributed by atoms with Gasteiger partial charge in [-0.2, -0.15) is 0 Å². The molecular formula is C31H22Cl2F2N2O3. The van der Waals surface area contributed by atoms with Crippen molar-refractivity contribution < 1.29 is 23.5 Å². The van der Waals surface area contributed by atoms with Crippen LogP contribution in [0.15, 0.2) is 85.1 Å². The number of nitrogens with zero attached hydrogens (tertiary/aromatic N) is 1. The fourth-order valence-electron chi connectivity index (χ4n) is 4.71. The maximum absolute atomic E-state index is 14.1. The van der Waals surface area contributed by atoms with Gasteiger partial charge < -0.3 is 15.0 Å². The van der Waals surface area contributed by atoms with Gasteiger partial charge in [-0.15, -0.1) is 0 Å². The Morgan fingerprint density at radius 3 is 2.12 bits per heavy atom. The summed E-state index contributed by atoms with van der Waals surface area (Å²) in [5, 5.41) is 13.8. The number of hydrogen-bond donors (Lipinski definition) is 2. The number of fused-ring (bicyclic) bond motifs is 1. The molecule has 5 nitrogen and oxygen atoms in total. The monoisotopic (exact) mass is 578 g/mol. The number of hydrogen-bond acceptors (Lipinski definition) is 2. The summed E-state index contributed by atoms with van der Waals surface area (Å²) in [5.74, 6) is -2.91. The second kappa shape index (κ2) is 11.1. The number of benzene rings is 4. The predicted octanol–water partition coefficient (Wildman–Crippen LogP) is 8.13. The van der Waals surface area contributed by atoms with Gasteiger partial charge in [-0.1, -0.05) is 35.3 Å². The molecule has 0 aliphatic carbocycles. The topological polar surface area (TPSA) is 71.3 Å². The van der Waals surface area contributed by atoms with Gasteiger partial charge in [-0.3, -0.25) is 4.79 Å². The molecule has 40 heavy (non-hydrogen) atoms. The fraction of sp³-hybridized carbons (Fsp3) is 0.0968. The van der Waals surface area contributed by atoms with Crippen molar-refractivity contribution in [1.29, 1.82) is 0 Å². The normalized spacial score (nSPS) is 11.9. The number of amides is 1. The minimum Gasteiger partial charge on any atom is -0.478 e. The van der Waals surface area contributed by atoms with Crippen molar-refractivity contribution in [1.82, 2.24) is 9.88 Å². The van der Waals surface area contributed by atoms with Gasteiger partial charge in [0.15, 0.2) is 0 Å². The van der Waals surface area contributed by atoms with E-state index in [0.717, 1.165) is 11.6 Å². The van der Waals surface area contributed by atoms with Crippen LogP contribution in [0.2, 0.25) is 10.0 Å². The Hall–Kier alpha value is -4.20. The second-order valence-electron chi connectivity index (χ2n) is 9.46. The van der Waals surface area contributed by atoms with E-state index in [9.17, 15) is 23.5 Å². The lowest BCUT2D eigenvalue weighted by molar-refractivity contribution is 0.0696. The average molecular weight is 579 g/mol. The summed E-state index contributed by atoms with van der Waals surface area (Å²) < 4.78 is 30.0. The van der Waals surface area contributed by atoms with E-state index < -0.39 is 29.6 Å². The highest BCUT2D eigenvalue weighted by Crippen LogP contribution is 2.31. The number of carboxylic acids is 1. The molecule has 0 aliphatic rings. The molecule has 0 spiro atoms. The Morgan fingerprint density at radius 1 is 0.875 bits per heavy atom. The van der Waals surface area contributed by atoms with Crippen LogP contribution in [0.4, 0.5) is 8.78 Å². The van der Waals surface area contributed by atoms with Crippen molar-refractivity contribution in [2.24, 2.45) is 0 Å². The maximum atomic E-state index is 14.1. The molecule has 5 aromatic rings. The first-order chi connectivity index (χ1) is 19.1. The van der Waals surface area contributed by atoms with Gasteiger partial charge in [-0.25, -0.2) is 13.6 Å². The van der Waals surface area contributed by atoms with Gasteiger partial charge in [0, 0.05) is 34.2 Å². The molecule has 0 bridgehead atoms. The molecule has 5 rings (SSSR count). The molecule has 0 saturated carbocycles. The van der Waals surface area contributed by atoms with Gasteiger partial charge in [0.2, 0.25) is 0 Å². The summed E-state index contributed by atoms with van der Waals surface area (Å²) in [6, 6.07) is 19.4. The number of aromatic nitrogens is 1. The molecule has 202 valence electrons. The zero-order valence-corrected chi connectivity index (χ0v) is 22.6. The van der Waals surface area contributed by atoms with Crippen LogP contribution in [0, 0.1) is 11.6 Å². The first kappa shape index (κ1) is 27.4. The molecule has 4 aromatic carbocycles. The van der Waals surface area contributed by atoms with Gasteiger partial charge in [0.1, 0.15) is 11.6 Å². The highest BCUT2D eigenvalue weighted by molar-refractivity contribution is 6.34. The number of carbonyl (C=O) groups excluding carboxylic acids is 1. The zero-order valence-electron chi connectivity index (χ0n) is 21.1. The summed E-state index contributed by atoms with van der Waals surface area (Å²) in [6.45, 7) is 2.15. The van der Waals surface area contributed by atoms with Crippen LogP contribution < -0.4 is 5.32 Å². The van der Waals surface area contributed by atoms with E-state index in [1.807, 2.05) is 16.8 Å². The predicted molar refractivity (Wildman–Crippen MR) is 152 cm³/mol. The van der Waals surface area contributed by atoms with Crippen LogP contribution in [0.25, 0.3) is 22.0 Å². The number of carbonyl (C=O) groups is 2. The number of nitrogens with one attached hydrogen (secondary N) is 1. The third-order valence-corrected chi connectivity index (χ3v) is 7.02. The van der Waals surface area contributed by atoms with E-state index in [0.29, 0.717) is 49.7 Å². The van der Waals surface area contributed by atoms with Crippen molar-refractivity contribution in [3.8, 4) is 11.1 Å². The summed E-state index contributed by atoms with van der Waals surface area (Å²) in [5.41, 5.74) is 3.34. The lowest BCUT2D eigenvalue weighted by atomic mass is 9.99. The van der Waals surface area contributed by atoms with Crippen LogP contribution in [-0.2, 0) is 6.54 Å². The lowest BCUT2D eigenvalue weighted by Crippen LogP contribution is -2.27. The van der Waals surface area contributed by atoms with E-state index >= 15 is 0 Å². The van der Waals surface area contributed by atoms with E-state index in [2.05, 4.69) is 5.32 Å². The highest BCUT2D eigenvalue weighted by atomic mass is 35.5. The Morgan fingerprint density at radius 2 is 1.50 bits per heavy atom. The molecule has 0 saturated heterocycles. The molecule has 0 radical (unpaired) electrons. The maximum Gasteiger partial charge on any atom is 0.335 e. The molecule has 1 atom stereocenters. The third-order valence-electron chi connectivity index (χ3n) is 6.58. The van der Waals surface area contributed by atoms with E-state index in [1.165, 1.54) is 24.3 Å². The van der Waals surface area contributed by atoms with Crippen LogP contribution in [0.3, 0.4) is 0 Å². The summed E-state index contributed by atoms with van der Waals surface area (Å²) in [7, 11) is 0. The van der Waals surface area contributed by atoms with Crippen molar-refractivity contribution >= 4 is 46.0 Å². The smallest absolute Gasteiger partial charge is 0.335 e. The van der Waals surface area contributed by atoms with E-state index in [4.69, 9.17) is 23.2 Å². The van der Waals surface area contributed by atoms with Crippen LogP contribution >= 0.6 is 23.2 Å². The Kier molecular flexibility index (Phi) is 7.61. The summed E-state index contributed by atoms with van der Waals surface area (Å²) in [6.07, 6.45) is 1.82. The molecule has 0 fully saturated rings. The largest absolute Gasteiger partial charge is 0.478 e. The molecule has 0 unspecified atom stereocenters. The van der Waals surface area contributed by atoms with Gasteiger partial charge in [-0.05, 0) is 89.8 Å². The standard InChI is InChI=1S/C31H22Cl2F2N2O3/c1-17(19-2-4-20(5-3-19)31(39)40)36-30(38)28-13-22(23-11-26(34)15-27(35)12-23)10-21-6-7-37(29(21)28)16-18-8-24(32)14-25(33)9-18/h2-15,17H,16H2,1H3,(H,36,38)(H,39,40)/t17-/m0/s1. The van der Waals surface area contributed by atoms with Crippen molar-refractivity contribution in [2.45, 2.75) is 19.5 Å². The quantitative estimate of drug-likeness (QED) is 0.205. The number of halogens is 4. The Labute approximate surface area is 238 Å². The minimum atomic E-state index is -1.04. The van der Waals surface area contributed by atoms with Crippen LogP contribution in [-0.4, -0.2) is 21.6 Å². The first-order valence-corrected chi connectivity index (χ1v) is 13.0. The fourth-order valence-corrected chi connectivity index (χ4v) is 5.28. The summed E-state index contributed by atoms with van der Waals surface area (Å²) in [4.78, 5) is 24.9. The van der Waals surface area contributed by atoms with E-state index in [-0.39, 0.29) is 5.56 Å².